The molecule has 0 atom stereocenters. The first-order chi connectivity index (χ1) is 16.6. The van der Waals surface area contributed by atoms with E-state index < -0.39 is 0 Å². The van der Waals surface area contributed by atoms with Crippen molar-refractivity contribution in [2.75, 3.05) is 32.1 Å². The molecule has 1 saturated heterocycles. The number of fused-ring (bicyclic) bond motifs is 1. The lowest BCUT2D eigenvalue weighted by Gasteiger charge is -2.38. The third kappa shape index (κ3) is 4.43. The number of hydrogen-bond donors (Lipinski definition) is 1. The minimum absolute atomic E-state index is 0.0206. The number of thiazole rings is 1. The van der Waals surface area contributed by atoms with Crippen LogP contribution in [0.2, 0.25) is 0 Å². The number of anilines is 1. The van der Waals surface area contributed by atoms with Crippen LogP contribution in [-0.2, 0) is 16.7 Å². The third-order valence-corrected chi connectivity index (χ3v) is 8.51. The molecule has 0 aliphatic carbocycles. The van der Waals surface area contributed by atoms with Gasteiger partial charge in [-0.1, -0.05) is 30.3 Å². The SMILES string of the molecule is Cc1c(C(=O)N(C)Cc2nccs2)sc2ncnc(NCC3(c4ccccc4)CCOCC3)c12. The Labute approximate surface area is 206 Å². The molecule has 5 rings (SSSR count). The summed E-state index contributed by atoms with van der Waals surface area (Å²) >= 11 is 2.98. The van der Waals surface area contributed by atoms with Gasteiger partial charge in [-0.3, -0.25) is 4.79 Å². The molecule has 176 valence electrons. The van der Waals surface area contributed by atoms with Crippen LogP contribution in [0.5, 0.6) is 0 Å². The number of hydrogen-bond acceptors (Lipinski definition) is 8. The number of aromatic nitrogens is 3. The van der Waals surface area contributed by atoms with Crippen LogP contribution in [0.1, 0.15) is 38.6 Å². The topological polar surface area (TPSA) is 80.2 Å². The summed E-state index contributed by atoms with van der Waals surface area (Å²) in [4.78, 5) is 29.8. The Bertz CT molecular complexity index is 1270. The van der Waals surface area contributed by atoms with Crippen LogP contribution in [0, 0.1) is 6.92 Å². The monoisotopic (exact) mass is 493 g/mol. The van der Waals surface area contributed by atoms with Crippen LogP contribution < -0.4 is 5.32 Å². The van der Waals surface area contributed by atoms with Gasteiger partial charge in [0, 0.05) is 43.8 Å². The zero-order valence-electron chi connectivity index (χ0n) is 19.3. The molecule has 0 spiro atoms. The Balaban J connectivity index is 1.42. The van der Waals surface area contributed by atoms with Gasteiger partial charge in [-0.2, -0.15) is 0 Å². The molecular weight excluding hydrogens is 466 g/mol. The van der Waals surface area contributed by atoms with Crippen LogP contribution in [0.25, 0.3) is 10.2 Å². The second-order valence-corrected chi connectivity index (χ2v) is 10.6. The summed E-state index contributed by atoms with van der Waals surface area (Å²) in [6, 6.07) is 10.6. The first kappa shape index (κ1) is 22.9. The number of amides is 1. The maximum absolute atomic E-state index is 13.2. The van der Waals surface area contributed by atoms with Gasteiger partial charge in [-0.05, 0) is 30.9 Å². The molecule has 1 aliphatic rings. The van der Waals surface area contributed by atoms with Crippen molar-refractivity contribution in [1.82, 2.24) is 19.9 Å². The highest BCUT2D eigenvalue weighted by molar-refractivity contribution is 7.20. The van der Waals surface area contributed by atoms with E-state index >= 15 is 0 Å². The summed E-state index contributed by atoms with van der Waals surface area (Å²) in [6.07, 6.45) is 5.24. The standard InChI is InChI=1S/C25H27N5O2S2/c1-17-20-22(27-15-25(8-11-32-12-9-25)18-6-4-3-5-7-18)28-16-29-23(20)34-21(17)24(31)30(2)14-19-26-10-13-33-19/h3-7,10,13,16H,8-9,11-12,14-15H2,1-2H3,(H,27,28,29). The van der Waals surface area contributed by atoms with Crippen molar-refractivity contribution in [2.45, 2.75) is 31.7 Å². The van der Waals surface area contributed by atoms with Gasteiger partial charge in [0.05, 0.1) is 16.8 Å². The molecule has 0 saturated carbocycles. The maximum Gasteiger partial charge on any atom is 0.264 e. The lowest BCUT2D eigenvalue weighted by atomic mass is 9.74. The highest BCUT2D eigenvalue weighted by Crippen LogP contribution is 2.37. The van der Waals surface area contributed by atoms with E-state index in [1.54, 1.807) is 28.8 Å². The molecule has 1 fully saturated rings. The van der Waals surface area contributed by atoms with Crippen LogP contribution in [0.15, 0.2) is 48.2 Å². The second kappa shape index (κ2) is 9.77. The van der Waals surface area contributed by atoms with Crippen molar-refractivity contribution in [1.29, 1.82) is 0 Å². The summed E-state index contributed by atoms with van der Waals surface area (Å²) in [5.74, 6) is 0.758. The fourth-order valence-corrected chi connectivity index (χ4v) is 6.38. The quantitative estimate of drug-likeness (QED) is 0.395. The average molecular weight is 494 g/mol. The summed E-state index contributed by atoms with van der Waals surface area (Å²) < 4.78 is 5.68. The van der Waals surface area contributed by atoms with E-state index in [2.05, 4.69) is 50.6 Å². The smallest absolute Gasteiger partial charge is 0.264 e. The van der Waals surface area contributed by atoms with E-state index in [9.17, 15) is 4.79 Å². The zero-order valence-corrected chi connectivity index (χ0v) is 20.9. The number of nitrogens with one attached hydrogen (secondary N) is 1. The summed E-state index contributed by atoms with van der Waals surface area (Å²) in [6.45, 7) is 4.71. The molecule has 3 aromatic heterocycles. The van der Waals surface area contributed by atoms with Crippen molar-refractivity contribution in [3.05, 3.63) is 69.2 Å². The molecule has 1 aliphatic heterocycles. The van der Waals surface area contributed by atoms with E-state index in [4.69, 9.17) is 4.74 Å². The number of carbonyl (C=O) groups excluding carboxylic acids is 1. The molecular formula is C25H27N5O2S2. The van der Waals surface area contributed by atoms with E-state index in [0.717, 1.165) is 59.2 Å². The molecule has 1 amide bonds. The van der Waals surface area contributed by atoms with Crippen molar-refractivity contribution in [2.24, 2.45) is 0 Å². The van der Waals surface area contributed by atoms with Crippen molar-refractivity contribution >= 4 is 44.6 Å². The number of aryl methyl sites for hydroxylation is 1. The molecule has 4 heterocycles. The fraction of sp³-hybridized carbons (Fsp3) is 0.360. The maximum atomic E-state index is 13.2. The van der Waals surface area contributed by atoms with E-state index in [-0.39, 0.29) is 11.3 Å². The van der Waals surface area contributed by atoms with Crippen LogP contribution in [0.3, 0.4) is 0 Å². The van der Waals surface area contributed by atoms with Crippen molar-refractivity contribution < 1.29 is 9.53 Å². The van der Waals surface area contributed by atoms with Crippen LogP contribution in [-0.4, -0.2) is 52.6 Å². The van der Waals surface area contributed by atoms with Crippen LogP contribution in [0.4, 0.5) is 5.82 Å². The summed E-state index contributed by atoms with van der Waals surface area (Å²) in [5.41, 5.74) is 2.21. The Kier molecular flexibility index (Phi) is 6.58. The molecule has 0 unspecified atom stereocenters. The normalized spacial score (nSPS) is 15.4. The van der Waals surface area contributed by atoms with Gasteiger partial charge in [0.25, 0.3) is 5.91 Å². The second-order valence-electron chi connectivity index (χ2n) is 8.66. The van der Waals surface area contributed by atoms with Gasteiger partial charge in [0.2, 0.25) is 0 Å². The van der Waals surface area contributed by atoms with E-state index in [1.807, 2.05) is 19.4 Å². The van der Waals surface area contributed by atoms with Gasteiger partial charge in [-0.15, -0.1) is 22.7 Å². The van der Waals surface area contributed by atoms with Gasteiger partial charge >= 0.3 is 0 Å². The van der Waals surface area contributed by atoms with Crippen molar-refractivity contribution in [3.8, 4) is 0 Å². The lowest BCUT2D eigenvalue weighted by Crippen LogP contribution is -2.40. The Morgan fingerprint density at radius 3 is 2.71 bits per heavy atom. The lowest BCUT2D eigenvalue weighted by molar-refractivity contribution is 0.0543. The molecule has 34 heavy (non-hydrogen) atoms. The third-order valence-electron chi connectivity index (χ3n) is 6.55. The summed E-state index contributed by atoms with van der Waals surface area (Å²) in [5, 5.41) is 7.39. The number of benzene rings is 1. The van der Waals surface area contributed by atoms with Gasteiger partial charge in [0.15, 0.2) is 0 Å². The predicted octanol–water partition coefficient (Wildman–Crippen LogP) is 4.89. The molecule has 9 heteroatoms. The zero-order chi connectivity index (χ0) is 23.5. The van der Waals surface area contributed by atoms with Gasteiger partial charge in [0.1, 0.15) is 22.0 Å². The first-order valence-corrected chi connectivity index (χ1v) is 13.0. The fourth-order valence-electron chi connectivity index (χ4n) is 4.56. The molecule has 7 nitrogen and oxygen atoms in total. The Hall–Kier alpha value is -2.88. The Morgan fingerprint density at radius 1 is 1.18 bits per heavy atom. The number of rotatable bonds is 7. The molecule has 1 N–H and O–H groups in total. The highest BCUT2D eigenvalue weighted by atomic mass is 32.1. The van der Waals surface area contributed by atoms with E-state index in [1.165, 1.54) is 16.9 Å². The minimum Gasteiger partial charge on any atom is -0.381 e. The van der Waals surface area contributed by atoms with E-state index in [0.29, 0.717) is 11.4 Å². The molecule has 0 radical (unpaired) electrons. The molecule has 4 aromatic rings. The number of thiophene rings is 1. The van der Waals surface area contributed by atoms with Gasteiger partial charge < -0.3 is 15.0 Å². The van der Waals surface area contributed by atoms with Crippen molar-refractivity contribution in [3.63, 3.8) is 0 Å². The number of ether oxygens (including phenoxy) is 1. The minimum atomic E-state index is -0.0214. The largest absolute Gasteiger partial charge is 0.381 e. The predicted molar refractivity (Wildman–Crippen MR) is 137 cm³/mol. The van der Waals surface area contributed by atoms with Gasteiger partial charge in [-0.25, -0.2) is 15.0 Å². The highest BCUT2D eigenvalue weighted by Gasteiger charge is 2.34. The molecule has 0 bridgehead atoms. The first-order valence-electron chi connectivity index (χ1n) is 11.3. The number of carbonyl (C=O) groups is 1. The molecule has 1 aromatic carbocycles. The summed E-state index contributed by atoms with van der Waals surface area (Å²) in [7, 11) is 1.81. The number of nitrogens with zero attached hydrogens (tertiary/aromatic N) is 4. The average Bonchev–Trinajstić information content (AvgIpc) is 3.51. The Morgan fingerprint density at radius 2 is 1.97 bits per heavy atom. The van der Waals surface area contributed by atoms with Crippen LogP contribution >= 0.6 is 22.7 Å².